The van der Waals surface area contributed by atoms with Gasteiger partial charge in [0.25, 0.3) is 10.1 Å². The minimum absolute atomic E-state index is 0. The molecule has 39 heavy (non-hydrogen) atoms. The molecule has 0 saturated heterocycles. The normalized spacial score (nSPS) is 11.5. The van der Waals surface area contributed by atoms with E-state index in [-0.39, 0.29) is 60.4 Å². The Balaban J connectivity index is 0.0000144. The molecule has 0 aliphatic carbocycles. The van der Waals surface area contributed by atoms with Crippen LogP contribution >= 0.6 is 0 Å². The molecule has 0 aliphatic heterocycles. The van der Waals surface area contributed by atoms with Crippen molar-refractivity contribution in [2.75, 3.05) is 6.61 Å². The first-order valence-corrected chi connectivity index (χ1v) is 18.0. The van der Waals surface area contributed by atoms with Gasteiger partial charge in [0, 0.05) is 0 Å². The van der Waals surface area contributed by atoms with Gasteiger partial charge in [-0.05, 0) is 18.6 Å². The molecule has 0 unspecified atom stereocenters. The zero-order chi connectivity index (χ0) is 27.4. The quantitative estimate of drug-likeness (QED) is 0.0478. The van der Waals surface area contributed by atoms with Crippen molar-refractivity contribution in [3.05, 3.63) is 30.3 Å². The molecular weight excluding hydrogens is 626 g/mol. The fourth-order valence-electron chi connectivity index (χ4n) is 5.24. The van der Waals surface area contributed by atoms with Gasteiger partial charge in [0.05, 0.1) is 11.5 Å². The third-order valence-corrected chi connectivity index (χ3v) is 9.09. The molecule has 0 fully saturated rings. The standard InChI is InChI=1S/C34H62O3S.Ba.2H/c1-2-3-4-5-6-7-8-9-10-11-12-13-14-15-16-17-18-19-20-21-22-23-24-25-26-30-33-37-38(35,36)34-31-28-27-29-32-34;;;/h27-29,31-32H,2-26,30,33H2,1H3;;;. The van der Waals surface area contributed by atoms with Gasteiger partial charge in [-0.1, -0.05) is 186 Å². The fourth-order valence-corrected chi connectivity index (χ4v) is 6.21. The molecule has 1 aromatic rings. The van der Waals surface area contributed by atoms with Gasteiger partial charge in [-0.2, -0.15) is 8.42 Å². The predicted molar refractivity (Wildman–Crippen MR) is 174 cm³/mol. The van der Waals surface area contributed by atoms with Crippen molar-refractivity contribution in [3.8, 4) is 0 Å². The summed E-state index contributed by atoms with van der Waals surface area (Å²) >= 11 is 0. The molecule has 0 aromatic heterocycles. The van der Waals surface area contributed by atoms with Crippen molar-refractivity contribution < 1.29 is 12.6 Å². The molecule has 226 valence electrons. The van der Waals surface area contributed by atoms with Crippen LogP contribution in [0.3, 0.4) is 0 Å². The van der Waals surface area contributed by atoms with E-state index in [1.807, 2.05) is 0 Å². The Kier molecular flexibility index (Phi) is 30.7. The van der Waals surface area contributed by atoms with Gasteiger partial charge in [-0.15, -0.1) is 0 Å². The van der Waals surface area contributed by atoms with E-state index in [1.165, 1.54) is 154 Å². The van der Waals surface area contributed by atoms with Gasteiger partial charge >= 0.3 is 48.9 Å². The number of benzene rings is 1. The summed E-state index contributed by atoms with van der Waals surface area (Å²) < 4.78 is 29.2. The summed E-state index contributed by atoms with van der Waals surface area (Å²) in [5.74, 6) is 0. The topological polar surface area (TPSA) is 43.4 Å². The first-order valence-electron chi connectivity index (χ1n) is 16.6. The molecule has 0 bridgehead atoms. The Morgan fingerprint density at radius 3 is 1.05 bits per heavy atom. The van der Waals surface area contributed by atoms with E-state index in [0.29, 0.717) is 0 Å². The van der Waals surface area contributed by atoms with Crippen LogP contribution in [0.25, 0.3) is 0 Å². The first-order chi connectivity index (χ1) is 18.7. The average molecular weight is 690 g/mol. The zero-order valence-electron chi connectivity index (χ0n) is 25.1. The van der Waals surface area contributed by atoms with Crippen LogP contribution in [-0.2, 0) is 14.3 Å². The van der Waals surface area contributed by atoms with Gasteiger partial charge in [0.2, 0.25) is 0 Å². The van der Waals surface area contributed by atoms with Gasteiger partial charge in [0.1, 0.15) is 0 Å². The molecular formula is C34H64BaO3S. The maximum atomic E-state index is 12.1. The SMILES string of the molecule is CCCCCCCCCCCCCCCCCCCCCCCCCCCCOS(=O)(=O)c1ccccc1.[BaH2]. The van der Waals surface area contributed by atoms with E-state index in [0.717, 1.165) is 12.8 Å². The second-order valence-corrected chi connectivity index (χ2v) is 13.0. The van der Waals surface area contributed by atoms with Crippen molar-refractivity contribution in [1.29, 1.82) is 0 Å². The van der Waals surface area contributed by atoms with Crippen LogP contribution in [0.5, 0.6) is 0 Å². The third-order valence-electron chi connectivity index (χ3n) is 7.77. The van der Waals surface area contributed by atoms with E-state index in [9.17, 15) is 8.42 Å². The Hall–Kier alpha value is 0.701. The second-order valence-electron chi connectivity index (χ2n) is 11.4. The summed E-state index contributed by atoms with van der Waals surface area (Å²) in [5.41, 5.74) is 0. The van der Waals surface area contributed by atoms with Crippen molar-refractivity contribution in [2.24, 2.45) is 0 Å². The van der Waals surface area contributed by atoms with E-state index in [1.54, 1.807) is 30.3 Å². The molecule has 0 spiro atoms. The van der Waals surface area contributed by atoms with Crippen LogP contribution < -0.4 is 0 Å². The van der Waals surface area contributed by atoms with Crippen LogP contribution in [0, 0.1) is 0 Å². The molecule has 0 amide bonds. The molecule has 5 heteroatoms. The molecule has 0 atom stereocenters. The van der Waals surface area contributed by atoms with E-state index in [4.69, 9.17) is 4.18 Å². The molecule has 0 saturated carbocycles. The Bertz CT molecular complexity index is 708. The molecule has 3 nitrogen and oxygen atoms in total. The fraction of sp³-hybridized carbons (Fsp3) is 0.824. The van der Waals surface area contributed by atoms with Crippen molar-refractivity contribution in [3.63, 3.8) is 0 Å². The molecule has 0 N–H and O–H groups in total. The van der Waals surface area contributed by atoms with Crippen LogP contribution in [0.4, 0.5) is 0 Å². The minimum atomic E-state index is -3.59. The molecule has 0 radical (unpaired) electrons. The summed E-state index contributed by atoms with van der Waals surface area (Å²) in [6, 6.07) is 8.41. The van der Waals surface area contributed by atoms with Crippen LogP contribution in [0.15, 0.2) is 35.2 Å². The number of rotatable bonds is 29. The molecule has 0 heterocycles. The van der Waals surface area contributed by atoms with Crippen LogP contribution in [-0.4, -0.2) is 63.9 Å². The molecule has 1 aromatic carbocycles. The maximum absolute atomic E-state index is 12.1. The third kappa shape index (κ3) is 26.1. The summed E-state index contributed by atoms with van der Waals surface area (Å²) in [4.78, 5) is 0.245. The zero-order valence-corrected chi connectivity index (χ0v) is 25.9. The summed E-state index contributed by atoms with van der Waals surface area (Å²) in [6.07, 6.45) is 35.7. The molecule has 0 aliphatic rings. The Morgan fingerprint density at radius 2 is 0.744 bits per heavy atom. The van der Waals surface area contributed by atoms with E-state index >= 15 is 0 Å². The summed E-state index contributed by atoms with van der Waals surface area (Å²) in [6.45, 7) is 2.58. The van der Waals surface area contributed by atoms with Gasteiger partial charge in [0.15, 0.2) is 0 Å². The van der Waals surface area contributed by atoms with Crippen molar-refractivity contribution >= 4 is 59.0 Å². The van der Waals surface area contributed by atoms with Crippen LogP contribution in [0.2, 0.25) is 0 Å². The van der Waals surface area contributed by atoms with Crippen LogP contribution in [0.1, 0.15) is 174 Å². The second kappa shape index (κ2) is 30.2. The van der Waals surface area contributed by atoms with Gasteiger partial charge < -0.3 is 0 Å². The average Bonchev–Trinajstić information content (AvgIpc) is 2.93. The van der Waals surface area contributed by atoms with Crippen molar-refractivity contribution in [2.45, 2.75) is 179 Å². The van der Waals surface area contributed by atoms with Gasteiger partial charge in [-0.3, -0.25) is 4.18 Å². The Labute approximate surface area is 284 Å². The van der Waals surface area contributed by atoms with Crippen molar-refractivity contribution in [1.82, 2.24) is 0 Å². The Morgan fingerprint density at radius 1 is 0.462 bits per heavy atom. The monoisotopic (exact) mass is 690 g/mol. The number of hydrogen-bond acceptors (Lipinski definition) is 3. The van der Waals surface area contributed by atoms with E-state index < -0.39 is 10.1 Å². The van der Waals surface area contributed by atoms with Gasteiger partial charge in [-0.25, -0.2) is 0 Å². The number of unbranched alkanes of at least 4 members (excludes halogenated alkanes) is 25. The van der Waals surface area contributed by atoms with E-state index in [2.05, 4.69) is 6.92 Å². The predicted octanol–water partition coefficient (Wildman–Crippen LogP) is 10.6. The first kappa shape index (κ1) is 39.7. The number of hydrogen-bond donors (Lipinski definition) is 0. The molecule has 1 rings (SSSR count). The summed E-state index contributed by atoms with van der Waals surface area (Å²) in [5, 5.41) is 0. The summed E-state index contributed by atoms with van der Waals surface area (Å²) in [7, 11) is -3.59.